The molecule has 0 amide bonds. The molecule has 1 heterocycles. The fourth-order valence-electron chi connectivity index (χ4n) is 1.03. The molecule has 0 bridgehead atoms. The average molecular weight is 230 g/mol. The van der Waals surface area contributed by atoms with Crippen molar-refractivity contribution in [3.8, 4) is 5.88 Å². The Kier molecular flexibility index (Phi) is 5.18. The van der Waals surface area contributed by atoms with E-state index in [0.717, 1.165) is 18.8 Å². The van der Waals surface area contributed by atoms with Gasteiger partial charge in [0.15, 0.2) is 0 Å². The number of anilines is 1. The SMILES string of the molecule is CC(C)Oc1cc(NCCCCl)ncn1. The summed E-state index contributed by atoms with van der Waals surface area (Å²) in [5.41, 5.74) is 0. The Morgan fingerprint density at radius 1 is 1.47 bits per heavy atom. The van der Waals surface area contributed by atoms with Crippen LogP contribution in [0.4, 0.5) is 5.82 Å². The third-order valence-electron chi connectivity index (χ3n) is 1.61. The van der Waals surface area contributed by atoms with E-state index >= 15 is 0 Å². The van der Waals surface area contributed by atoms with E-state index in [9.17, 15) is 0 Å². The molecule has 0 aliphatic carbocycles. The molecule has 1 N–H and O–H groups in total. The third kappa shape index (κ3) is 4.83. The summed E-state index contributed by atoms with van der Waals surface area (Å²) in [7, 11) is 0. The Morgan fingerprint density at radius 2 is 2.27 bits per heavy atom. The van der Waals surface area contributed by atoms with E-state index in [1.54, 1.807) is 6.07 Å². The van der Waals surface area contributed by atoms with Crippen molar-refractivity contribution in [1.29, 1.82) is 0 Å². The zero-order valence-electron chi connectivity index (χ0n) is 9.03. The number of alkyl halides is 1. The molecule has 5 heteroatoms. The maximum atomic E-state index is 5.57. The largest absolute Gasteiger partial charge is 0.475 e. The molecule has 1 aromatic rings. The van der Waals surface area contributed by atoms with Crippen molar-refractivity contribution in [2.45, 2.75) is 26.4 Å². The highest BCUT2D eigenvalue weighted by Gasteiger charge is 2.01. The van der Waals surface area contributed by atoms with E-state index in [0.29, 0.717) is 11.8 Å². The second-order valence-corrected chi connectivity index (χ2v) is 3.76. The molecule has 84 valence electrons. The van der Waals surface area contributed by atoms with Gasteiger partial charge in [0.25, 0.3) is 0 Å². The van der Waals surface area contributed by atoms with Gasteiger partial charge in [0.05, 0.1) is 6.10 Å². The molecule has 0 saturated heterocycles. The van der Waals surface area contributed by atoms with E-state index < -0.39 is 0 Å². The maximum absolute atomic E-state index is 5.57. The van der Waals surface area contributed by atoms with Crippen molar-refractivity contribution in [3.63, 3.8) is 0 Å². The first-order valence-corrected chi connectivity index (χ1v) is 5.54. The van der Waals surface area contributed by atoms with Crippen LogP contribution in [0.3, 0.4) is 0 Å². The van der Waals surface area contributed by atoms with Gasteiger partial charge in [-0.05, 0) is 20.3 Å². The van der Waals surface area contributed by atoms with Gasteiger partial charge in [0.2, 0.25) is 5.88 Å². The summed E-state index contributed by atoms with van der Waals surface area (Å²) in [4.78, 5) is 8.08. The van der Waals surface area contributed by atoms with Crippen molar-refractivity contribution in [2.24, 2.45) is 0 Å². The first kappa shape index (κ1) is 12.0. The van der Waals surface area contributed by atoms with E-state index in [1.165, 1.54) is 6.33 Å². The van der Waals surface area contributed by atoms with E-state index in [-0.39, 0.29) is 6.10 Å². The van der Waals surface area contributed by atoms with Crippen LogP contribution in [0.2, 0.25) is 0 Å². The number of hydrogen-bond donors (Lipinski definition) is 1. The summed E-state index contributed by atoms with van der Waals surface area (Å²) in [5.74, 6) is 2.01. The second kappa shape index (κ2) is 6.45. The van der Waals surface area contributed by atoms with Crippen LogP contribution in [0, 0.1) is 0 Å². The van der Waals surface area contributed by atoms with E-state index in [4.69, 9.17) is 16.3 Å². The molecule has 4 nitrogen and oxygen atoms in total. The minimum Gasteiger partial charge on any atom is -0.475 e. The third-order valence-corrected chi connectivity index (χ3v) is 1.88. The van der Waals surface area contributed by atoms with Crippen LogP contribution in [0.15, 0.2) is 12.4 Å². The molecule has 0 unspecified atom stereocenters. The second-order valence-electron chi connectivity index (χ2n) is 3.38. The molecule has 1 aromatic heterocycles. The van der Waals surface area contributed by atoms with Gasteiger partial charge < -0.3 is 10.1 Å². The van der Waals surface area contributed by atoms with Crippen LogP contribution < -0.4 is 10.1 Å². The smallest absolute Gasteiger partial charge is 0.218 e. The first-order chi connectivity index (χ1) is 7.22. The van der Waals surface area contributed by atoms with Gasteiger partial charge in [-0.3, -0.25) is 0 Å². The highest BCUT2D eigenvalue weighted by atomic mass is 35.5. The molecule has 1 rings (SSSR count). The molecule has 0 aliphatic rings. The zero-order valence-corrected chi connectivity index (χ0v) is 9.79. The van der Waals surface area contributed by atoms with Gasteiger partial charge in [-0.25, -0.2) is 9.97 Å². The molecule has 15 heavy (non-hydrogen) atoms. The molecule has 0 atom stereocenters. The van der Waals surface area contributed by atoms with Gasteiger partial charge in [-0.2, -0.15) is 0 Å². The summed E-state index contributed by atoms with van der Waals surface area (Å²) in [6.45, 7) is 4.73. The van der Waals surface area contributed by atoms with Crippen LogP contribution in [0.25, 0.3) is 0 Å². The highest BCUT2D eigenvalue weighted by molar-refractivity contribution is 6.17. The molecular formula is C10H16ClN3O. The summed E-state index contributed by atoms with van der Waals surface area (Å²) in [6, 6.07) is 1.79. The molecule has 0 radical (unpaired) electrons. The fourth-order valence-corrected chi connectivity index (χ4v) is 1.16. The lowest BCUT2D eigenvalue weighted by Gasteiger charge is -2.09. The number of aromatic nitrogens is 2. The average Bonchev–Trinajstić information content (AvgIpc) is 2.18. The highest BCUT2D eigenvalue weighted by Crippen LogP contribution is 2.12. The maximum Gasteiger partial charge on any atom is 0.218 e. The minimum atomic E-state index is 0.121. The Balaban J connectivity index is 2.50. The van der Waals surface area contributed by atoms with Gasteiger partial charge in [0.1, 0.15) is 12.1 Å². The number of nitrogens with zero attached hydrogens (tertiary/aromatic N) is 2. The molecule has 0 spiro atoms. The number of hydrogen-bond acceptors (Lipinski definition) is 4. The summed E-state index contributed by atoms with van der Waals surface area (Å²) >= 11 is 5.57. The fraction of sp³-hybridized carbons (Fsp3) is 0.600. The molecular weight excluding hydrogens is 214 g/mol. The van der Waals surface area contributed by atoms with Crippen LogP contribution in [-0.2, 0) is 0 Å². The van der Waals surface area contributed by atoms with Crippen LogP contribution in [0.1, 0.15) is 20.3 Å². The lowest BCUT2D eigenvalue weighted by molar-refractivity contribution is 0.232. The summed E-state index contributed by atoms with van der Waals surface area (Å²) < 4.78 is 5.44. The van der Waals surface area contributed by atoms with Gasteiger partial charge >= 0.3 is 0 Å². The number of ether oxygens (including phenoxy) is 1. The van der Waals surface area contributed by atoms with Crippen LogP contribution in [0.5, 0.6) is 5.88 Å². The minimum absolute atomic E-state index is 0.121. The number of halogens is 1. The van der Waals surface area contributed by atoms with Crippen molar-refractivity contribution in [3.05, 3.63) is 12.4 Å². The number of rotatable bonds is 6. The van der Waals surface area contributed by atoms with Gasteiger partial charge in [0, 0.05) is 18.5 Å². The summed E-state index contributed by atoms with van der Waals surface area (Å²) in [5, 5.41) is 3.14. The lowest BCUT2D eigenvalue weighted by Crippen LogP contribution is -2.09. The molecule has 0 fully saturated rings. The molecule has 0 saturated carbocycles. The Hall–Kier alpha value is -1.03. The first-order valence-electron chi connectivity index (χ1n) is 5.01. The van der Waals surface area contributed by atoms with Crippen LogP contribution >= 0.6 is 11.6 Å². The molecule has 0 aromatic carbocycles. The van der Waals surface area contributed by atoms with Crippen molar-refractivity contribution in [2.75, 3.05) is 17.7 Å². The predicted octanol–water partition coefficient (Wildman–Crippen LogP) is 2.30. The quantitative estimate of drug-likeness (QED) is 0.601. The Labute approximate surface area is 95.0 Å². The van der Waals surface area contributed by atoms with Crippen molar-refractivity contribution >= 4 is 17.4 Å². The van der Waals surface area contributed by atoms with Crippen molar-refractivity contribution < 1.29 is 4.74 Å². The predicted molar refractivity (Wildman–Crippen MR) is 61.6 cm³/mol. The Morgan fingerprint density at radius 3 is 2.93 bits per heavy atom. The van der Waals surface area contributed by atoms with Crippen molar-refractivity contribution in [1.82, 2.24) is 9.97 Å². The topological polar surface area (TPSA) is 47.0 Å². The summed E-state index contributed by atoms with van der Waals surface area (Å²) in [6.07, 6.45) is 2.52. The van der Waals surface area contributed by atoms with E-state index in [1.807, 2.05) is 13.8 Å². The van der Waals surface area contributed by atoms with E-state index in [2.05, 4.69) is 15.3 Å². The normalized spacial score (nSPS) is 10.4. The monoisotopic (exact) mass is 229 g/mol. The van der Waals surface area contributed by atoms with Gasteiger partial charge in [-0.1, -0.05) is 0 Å². The molecule has 0 aliphatic heterocycles. The van der Waals surface area contributed by atoms with Gasteiger partial charge in [-0.15, -0.1) is 11.6 Å². The zero-order chi connectivity index (χ0) is 11.1. The lowest BCUT2D eigenvalue weighted by atomic mass is 10.4. The number of nitrogens with one attached hydrogen (secondary N) is 1. The standard InChI is InChI=1S/C10H16ClN3O/c1-8(2)15-10-6-9(13-7-14-10)12-5-3-4-11/h6-8H,3-5H2,1-2H3,(H,12,13,14). The Bertz CT molecular complexity index is 294. The van der Waals surface area contributed by atoms with Crippen LogP contribution in [-0.4, -0.2) is 28.5 Å².